The van der Waals surface area contributed by atoms with Crippen LogP contribution in [0.1, 0.15) is 75.3 Å². The molecule has 2 aliphatic heterocycles. The molecule has 3 aliphatic rings. The van der Waals surface area contributed by atoms with Crippen LogP contribution in [0.15, 0.2) is 23.0 Å². The molecule has 9 nitrogen and oxygen atoms in total. The summed E-state index contributed by atoms with van der Waals surface area (Å²) in [6.45, 7) is 5.18. The SMILES string of the molecule is CC1CCN(C(c2cc3cc4c(cc3[nH]c2=O)OCCO4)c2nnnn2C2CCCCC2)CC1. The zero-order valence-corrected chi connectivity index (χ0v) is 19.7. The molecule has 1 saturated heterocycles. The number of piperidine rings is 1. The van der Waals surface area contributed by atoms with Gasteiger partial charge in [-0.15, -0.1) is 5.10 Å². The topological polar surface area (TPSA) is 98.2 Å². The number of benzene rings is 1. The van der Waals surface area contributed by atoms with Crippen molar-refractivity contribution in [2.45, 2.75) is 64.0 Å². The van der Waals surface area contributed by atoms with E-state index >= 15 is 0 Å². The average molecular weight is 465 g/mol. The number of rotatable bonds is 4. The van der Waals surface area contributed by atoms with Crippen LogP contribution < -0.4 is 15.0 Å². The van der Waals surface area contributed by atoms with Crippen LogP contribution in [0.2, 0.25) is 0 Å². The summed E-state index contributed by atoms with van der Waals surface area (Å²) >= 11 is 0. The quantitative estimate of drug-likeness (QED) is 0.630. The maximum atomic E-state index is 13.5. The Hall–Kier alpha value is -2.94. The lowest BCUT2D eigenvalue weighted by atomic mass is 9.93. The molecule has 9 heteroatoms. The minimum Gasteiger partial charge on any atom is -0.486 e. The van der Waals surface area contributed by atoms with Gasteiger partial charge in [0, 0.05) is 17.0 Å². The van der Waals surface area contributed by atoms with Crippen molar-refractivity contribution in [3.63, 3.8) is 0 Å². The van der Waals surface area contributed by atoms with Gasteiger partial charge in [-0.05, 0) is 67.3 Å². The summed E-state index contributed by atoms with van der Waals surface area (Å²) < 4.78 is 13.5. The van der Waals surface area contributed by atoms with Crippen LogP contribution in [0.4, 0.5) is 0 Å². The summed E-state index contributed by atoms with van der Waals surface area (Å²) in [6.07, 6.45) is 8.02. The molecule has 4 heterocycles. The normalized spacial score (nSPS) is 21.1. The summed E-state index contributed by atoms with van der Waals surface area (Å²) in [7, 11) is 0. The molecule has 1 unspecified atom stereocenters. The van der Waals surface area contributed by atoms with Gasteiger partial charge in [0.05, 0.1) is 11.6 Å². The van der Waals surface area contributed by atoms with Crippen molar-refractivity contribution in [3.8, 4) is 11.5 Å². The third-order valence-corrected chi connectivity index (χ3v) is 7.70. The number of nitrogens with zero attached hydrogens (tertiary/aromatic N) is 5. The molecule has 6 rings (SSSR count). The first-order chi connectivity index (χ1) is 16.7. The summed E-state index contributed by atoms with van der Waals surface area (Å²) in [4.78, 5) is 19.0. The number of likely N-dealkylation sites (tertiary alicyclic amines) is 1. The highest BCUT2D eigenvalue weighted by Gasteiger charge is 2.34. The molecule has 0 radical (unpaired) electrons. The molecule has 1 saturated carbocycles. The monoisotopic (exact) mass is 464 g/mol. The predicted octanol–water partition coefficient (Wildman–Crippen LogP) is 3.61. The number of H-pyrrole nitrogens is 1. The lowest BCUT2D eigenvalue weighted by molar-refractivity contribution is 0.146. The van der Waals surface area contributed by atoms with Crippen LogP contribution >= 0.6 is 0 Å². The highest BCUT2D eigenvalue weighted by Crippen LogP contribution is 2.37. The van der Waals surface area contributed by atoms with Gasteiger partial charge < -0.3 is 14.5 Å². The number of aromatic nitrogens is 5. The van der Waals surface area contributed by atoms with Crippen molar-refractivity contribution in [2.75, 3.05) is 26.3 Å². The highest BCUT2D eigenvalue weighted by atomic mass is 16.6. The Morgan fingerprint density at radius 2 is 1.74 bits per heavy atom. The summed E-state index contributed by atoms with van der Waals surface area (Å²) in [5.74, 6) is 2.85. The number of fused-ring (bicyclic) bond motifs is 2. The van der Waals surface area contributed by atoms with Crippen LogP contribution in [0, 0.1) is 5.92 Å². The van der Waals surface area contributed by atoms with Crippen LogP contribution in [0.5, 0.6) is 11.5 Å². The first-order valence-electron chi connectivity index (χ1n) is 12.7. The summed E-state index contributed by atoms with van der Waals surface area (Å²) in [5, 5.41) is 14.0. The van der Waals surface area contributed by atoms with E-state index in [9.17, 15) is 4.79 Å². The van der Waals surface area contributed by atoms with E-state index in [0.29, 0.717) is 42.2 Å². The largest absolute Gasteiger partial charge is 0.486 e. The average Bonchev–Trinajstić information content (AvgIpc) is 3.34. The van der Waals surface area contributed by atoms with Gasteiger partial charge in [-0.2, -0.15) is 0 Å². The molecule has 180 valence electrons. The Kier molecular flexibility index (Phi) is 5.72. The van der Waals surface area contributed by atoms with Crippen LogP contribution in [-0.4, -0.2) is 56.4 Å². The lowest BCUT2D eigenvalue weighted by Gasteiger charge is -2.36. The number of hydrogen-bond donors (Lipinski definition) is 1. The van der Waals surface area contributed by atoms with Gasteiger partial charge in [0.15, 0.2) is 17.3 Å². The van der Waals surface area contributed by atoms with E-state index in [2.05, 4.69) is 32.3 Å². The van der Waals surface area contributed by atoms with E-state index in [1.807, 2.05) is 22.9 Å². The van der Waals surface area contributed by atoms with Gasteiger partial charge >= 0.3 is 0 Å². The minimum absolute atomic E-state index is 0.106. The van der Waals surface area contributed by atoms with Crippen molar-refractivity contribution in [1.82, 2.24) is 30.1 Å². The molecule has 1 N–H and O–H groups in total. The Morgan fingerprint density at radius 1 is 1.00 bits per heavy atom. The Balaban J connectivity index is 1.46. The number of ether oxygens (including phenoxy) is 2. The molecule has 2 aromatic heterocycles. The fourth-order valence-corrected chi connectivity index (χ4v) is 5.71. The minimum atomic E-state index is -0.286. The molecular formula is C25H32N6O3. The predicted molar refractivity (Wildman–Crippen MR) is 127 cm³/mol. The second-order valence-electron chi connectivity index (χ2n) is 10.0. The first-order valence-corrected chi connectivity index (χ1v) is 12.7. The molecule has 1 aromatic carbocycles. The smallest absolute Gasteiger partial charge is 0.253 e. The Morgan fingerprint density at radius 3 is 2.50 bits per heavy atom. The van der Waals surface area contributed by atoms with Crippen molar-refractivity contribution < 1.29 is 9.47 Å². The second kappa shape index (κ2) is 9.02. The molecule has 0 amide bonds. The summed E-state index contributed by atoms with van der Waals surface area (Å²) in [6, 6.07) is 5.82. The number of pyridine rings is 1. The van der Waals surface area contributed by atoms with E-state index in [1.165, 1.54) is 19.3 Å². The number of aromatic amines is 1. The Bertz CT molecular complexity index is 1220. The van der Waals surface area contributed by atoms with Gasteiger partial charge in [0.25, 0.3) is 5.56 Å². The van der Waals surface area contributed by atoms with Crippen molar-refractivity contribution in [1.29, 1.82) is 0 Å². The Labute approximate surface area is 198 Å². The maximum absolute atomic E-state index is 13.5. The number of tetrazole rings is 1. The zero-order chi connectivity index (χ0) is 23.1. The second-order valence-corrected chi connectivity index (χ2v) is 10.0. The van der Waals surface area contributed by atoms with E-state index in [-0.39, 0.29) is 11.6 Å². The fraction of sp³-hybridized carbons (Fsp3) is 0.600. The molecule has 0 spiro atoms. The van der Waals surface area contributed by atoms with Gasteiger partial charge in [-0.3, -0.25) is 9.69 Å². The third-order valence-electron chi connectivity index (χ3n) is 7.70. The third kappa shape index (κ3) is 3.96. The molecule has 3 aromatic rings. The van der Waals surface area contributed by atoms with E-state index < -0.39 is 0 Å². The van der Waals surface area contributed by atoms with Crippen LogP contribution in [-0.2, 0) is 0 Å². The summed E-state index contributed by atoms with van der Waals surface area (Å²) in [5.41, 5.74) is 1.33. The van der Waals surface area contributed by atoms with Crippen LogP contribution in [0.3, 0.4) is 0 Å². The standard InChI is InChI=1S/C25H32N6O3/c1-16-7-9-30(10-8-16)23(24-27-28-29-31(24)18-5-3-2-4-6-18)19-13-17-14-21-22(34-12-11-33-21)15-20(17)26-25(19)32/h13-16,18,23H,2-12H2,1H3,(H,26,32). The van der Waals surface area contributed by atoms with Gasteiger partial charge in [-0.25, -0.2) is 4.68 Å². The van der Waals surface area contributed by atoms with Crippen molar-refractivity contribution in [2.24, 2.45) is 5.92 Å². The van der Waals surface area contributed by atoms with E-state index in [0.717, 1.165) is 55.5 Å². The van der Waals surface area contributed by atoms with Gasteiger partial charge in [0.2, 0.25) is 0 Å². The maximum Gasteiger partial charge on any atom is 0.253 e. The molecule has 1 aliphatic carbocycles. The molecular weight excluding hydrogens is 432 g/mol. The lowest BCUT2D eigenvalue weighted by Crippen LogP contribution is -2.40. The van der Waals surface area contributed by atoms with Gasteiger partial charge in [-0.1, -0.05) is 26.2 Å². The number of hydrogen-bond acceptors (Lipinski definition) is 7. The molecule has 1 atom stereocenters. The van der Waals surface area contributed by atoms with E-state index in [4.69, 9.17) is 9.47 Å². The van der Waals surface area contributed by atoms with Crippen LogP contribution in [0.25, 0.3) is 10.9 Å². The molecule has 2 fully saturated rings. The molecule has 34 heavy (non-hydrogen) atoms. The van der Waals surface area contributed by atoms with E-state index in [1.54, 1.807) is 0 Å². The highest BCUT2D eigenvalue weighted by molar-refractivity contribution is 5.83. The first kappa shape index (κ1) is 21.6. The van der Waals surface area contributed by atoms with Crippen molar-refractivity contribution >= 4 is 10.9 Å². The fourth-order valence-electron chi connectivity index (χ4n) is 5.71. The zero-order valence-electron chi connectivity index (χ0n) is 19.7. The van der Waals surface area contributed by atoms with Crippen molar-refractivity contribution in [3.05, 3.63) is 39.9 Å². The van der Waals surface area contributed by atoms with Gasteiger partial charge in [0.1, 0.15) is 19.3 Å². The molecule has 0 bridgehead atoms. The number of nitrogens with one attached hydrogen (secondary N) is 1.